The van der Waals surface area contributed by atoms with Crippen LogP contribution in [0.3, 0.4) is 0 Å². The zero-order valence-electron chi connectivity index (χ0n) is 16.2. The lowest BCUT2D eigenvalue weighted by Gasteiger charge is -2.18. The number of aryl methyl sites for hydroxylation is 1. The third-order valence-corrected chi connectivity index (χ3v) is 4.93. The van der Waals surface area contributed by atoms with Crippen molar-refractivity contribution in [3.05, 3.63) is 30.2 Å². The fourth-order valence-corrected chi connectivity index (χ4v) is 3.57. The molecule has 1 aliphatic rings. The highest BCUT2D eigenvalue weighted by molar-refractivity contribution is 5.89. The summed E-state index contributed by atoms with van der Waals surface area (Å²) >= 11 is 0. The predicted octanol–water partition coefficient (Wildman–Crippen LogP) is 2.06. The number of carbonyl (C=O) groups is 2. The Balaban J connectivity index is 1.32. The highest BCUT2D eigenvalue weighted by atomic mass is 16.2. The monoisotopic (exact) mass is 371 g/mol. The molecule has 0 unspecified atom stereocenters. The van der Waals surface area contributed by atoms with Crippen molar-refractivity contribution in [3.63, 3.8) is 0 Å². The zero-order valence-corrected chi connectivity index (χ0v) is 16.2. The number of hydrogen-bond acceptors (Lipinski definition) is 4. The Morgan fingerprint density at radius 3 is 2.93 bits per heavy atom. The molecule has 146 valence electrons. The Labute approximate surface area is 160 Å². The normalized spacial score (nSPS) is 17.2. The molecule has 27 heavy (non-hydrogen) atoms. The fourth-order valence-electron chi connectivity index (χ4n) is 3.57. The Bertz CT molecular complexity index is 786. The van der Waals surface area contributed by atoms with E-state index in [4.69, 9.17) is 0 Å². The molecule has 0 spiro atoms. The second kappa shape index (κ2) is 8.97. The molecule has 1 N–H and O–H groups in total. The Hall–Kier alpha value is -2.44. The molecule has 3 rings (SSSR count). The number of nitrogens with zero attached hydrogens (tertiary/aromatic N) is 4. The standard InChI is InChI=1S/C20H29N5O2/c1-15(2)13-24-14-16(12-19(24)26)20(27)21-10-6-3-4-8-17-22-23-18-9-5-7-11-25(17)18/h5,7,9,11,15-16H,3-4,6,8,10,12-14H2,1-2H3,(H,21,27)/t16-/m0/s1. The van der Waals surface area contributed by atoms with Crippen molar-refractivity contribution < 1.29 is 9.59 Å². The summed E-state index contributed by atoms with van der Waals surface area (Å²) in [5.41, 5.74) is 0.873. The van der Waals surface area contributed by atoms with Gasteiger partial charge in [-0.05, 0) is 30.9 Å². The molecule has 0 radical (unpaired) electrons. The molecule has 1 aliphatic heterocycles. The quantitative estimate of drug-likeness (QED) is 0.684. The highest BCUT2D eigenvalue weighted by Crippen LogP contribution is 2.19. The van der Waals surface area contributed by atoms with E-state index in [1.165, 1.54) is 0 Å². The Morgan fingerprint density at radius 2 is 2.11 bits per heavy atom. The van der Waals surface area contributed by atoms with Crippen LogP contribution in [0.25, 0.3) is 5.65 Å². The van der Waals surface area contributed by atoms with Crippen LogP contribution < -0.4 is 5.32 Å². The van der Waals surface area contributed by atoms with Crippen LogP contribution in [0, 0.1) is 11.8 Å². The maximum atomic E-state index is 12.3. The number of nitrogens with one attached hydrogen (secondary N) is 1. The smallest absolute Gasteiger partial charge is 0.225 e. The minimum absolute atomic E-state index is 0.0121. The van der Waals surface area contributed by atoms with Gasteiger partial charge in [0.15, 0.2) is 5.65 Å². The number of pyridine rings is 1. The molecule has 1 saturated heterocycles. The molecule has 0 aliphatic carbocycles. The number of aromatic nitrogens is 3. The summed E-state index contributed by atoms with van der Waals surface area (Å²) in [6, 6.07) is 5.88. The minimum atomic E-state index is -0.196. The van der Waals surface area contributed by atoms with Crippen molar-refractivity contribution >= 4 is 17.5 Å². The van der Waals surface area contributed by atoms with E-state index in [-0.39, 0.29) is 17.7 Å². The molecule has 1 fully saturated rings. The Morgan fingerprint density at radius 1 is 1.26 bits per heavy atom. The topological polar surface area (TPSA) is 79.6 Å². The second-order valence-electron chi connectivity index (χ2n) is 7.74. The summed E-state index contributed by atoms with van der Waals surface area (Å²) in [4.78, 5) is 26.1. The van der Waals surface area contributed by atoms with Crippen LogP contribution in [0.15, 0.2) is 24.4 Å². The molecule has 7 heteroatoms. The number of carbonyl (C=O) groups excluding carboxylic acids is 2. The first-order valence-corrected chi connectivity index (χ1v) is 9.88. The van der Waals surface area contributed by atoms with Gasteiger partial charge in [0, 0.05) is 38.7 Å². The van der Waals surface area contributed by atoms with Crippen LogP contribution >= 0.6 is 0 Å². The number of amides is 2. The molecule has 1 atom stereocenters. The maximum Gasteiger partial charge on any atom is 0.225 e. The molecule has 7 nitrogen and oxygen atoms in total. The largest absolute Gasteiger partial charge is 0.356 e. The van der Waals surface area contributed by atoms with Gasteiger partial charge in [0.05, 0.1) is 5.92 Å². The molecule has 2 amide bonds. The molecule has 2 aromatic heterocycles. The molecule has 2 aromatic rings. The minimum Gasteiger partial charge on any atom is -0.356 e. The van der Waals surface area contributed by atoms with Crippen molar-refractivity contribution in [3.8, 4) is 0 Å². The third kappa shape index (κ3) is 5.05. The van der Waals surface area contributed by atoms with Gasteiger partial charge < -0.3 is 10.2 Å². The number of hydrogen-bond donors (Lipinski definition) is 1. The van der Waals surface area contributed by atoms with Gasteiger partial charge in [0.25, 0.3) is 0 Å². The molecule has 0 saturated carbocycles. The Kier molecular flexibility index (Phi) is 6.42. The van der Waals surface area contributed by atoms with E-state index in [1.54, 1.807) is 0 Å². The SMILES string of the molecule is CC(C)CN1C[C@@H](C(=O)NCCCCCc2nnc3ccccn23)CC1=O. The molecular weight excluding hydrogens is 342 g/mol. The molecule has 0 bridgehead atoms. The zero-order chi connectivity index (χ0) is 19.2. The molecule has 0 aromatic carbocycles. The van der Waals surface area contributed by atoms with Crippen molar-refractivity contribution in [2.45, 2.75) is 46.0 Å². The van der Waals surface area contributed by atoms with Gasteiger partial charge in [0.1, 0.15) is 5.82 Å². The highest BCUT2D eigenvalue weighted by Gasteiger charge is 2.34. The van der Waals surface area contributed by atoms with Gasteiger partial charge in [-0.1, -0.05) is 26.3 Å². The van der Waals surface area contributed by atoms with Crippen molar-refractivity contribution in [1.29, 1.82) is 0 Å². The summed E-state index contributed by atoms with van der Waals surface area (Å²) in [7, 11) is 0. The van der Waals surface area contributed by atoms with Crippen LogP contribution in [0.1, 0.15) is 45.4 Å². The van der Waals surface area contributed by atoms with Gasteiger partial charge in [0.2, 0.25) is 11.8 Å². The van der Waals surface area contributed by atoms with Gasteiger partial charge in [-0.15, -0.1) is 10.2 Å². The van der Waals surface area contributed by atoms with Gasteiger partial charge in [-0.25, -0.2) is 0 Å². The summed E-state index contributed by atoms with van der Waals surface area (Å²) in [6.45, 7) is 6.13. The number of fused-ring (bicyclic) bond motifs is 1. The van der Waals surface area contributed by atoms with Crippen LogP contribution in [-0.4, -0.2) is 50.9 Å². The first-order chi connectivity index (χ1) is 13.0. The van der Waals surface area contributed by atoms with Crippen LogP contribution in [-0.2, 0) is 16.0 Å². The van der Waals surface area contributed by atoms with Crippen molar-refractivity contribution in [2.24, 2.45) is 11.8 Å². The van der Waals surface area contributed by atoms with Gasteiger partial charge in [-0.3, -0.25) is 14.0 Å². The van der Waals surface area contributed by atoms with Gasteiger partial charge in [-0.2, -0.15) is 0 Å². The number of rotatable bonds is 9. The van der Waals surface area contributed by atoms with E-state index in [0.717, 1.165) is 43.7 Å². The summed E-state index contributed by atoms with van der Waals surface area (Å²) in [6.07, 6.45) is 6.16. The summed E-state index contributed by atoms with van der Waals surface area (Å²) in [5.74, 6) is 1.32. The van der Waals surface area contributed by atoms with E-state index < -0.39 is 0 Å². The van der Waals surface area contributed by atoms with Crippen LogP contribution in [0.5, 0.6) is 0 Å². The van der Waals surface area contributed by atoms with Crippen LogP contribution in [0.2, 0.25) is 0 Å². The first kappa shape index (κ1) is 19.3. The number of likely N-dealkylation sites (tertiary alicyclic amines) is 1. The van der Waals surface area contributed by atoms with E-state index in [2.05, 4.69) is 29.4 Å². The lowest BCUT2D eigenvalue weighted by molar-refractivity contribution is -0.129. The number of unbranched alkanes of at least 4 members (excludes halogenated alkanes) is 2. The average Bonchev–Trinajstić information content (AvgIpc) is 3.21. The second-order valence-corrected chi connectivity index (χ2v) is 7.74. The predicted molar refractivity (Wildman–Crippen MR) is 103 cm³/mol. The molecule has 3 heterocycles. The van der Waals surface area contributed by atoms with E-state index >= 15 is 0 Å². The summed E-state index contributed by atoms with van der Waals surface area (Å²) in [5, 5.41) is 11.4. The lowest BCUT2D eigenvalue weighted by Crippen LogP contribution is -2.34. The van der Waals surface area contributed by atoms with E-state index in [0.29, 0.717) is 25.4 Å². The van der Waals surface area contributed by atoms with Gasteiger partial charge >= 0.3 is 0 Å². The third-order valence-electron chi connectivity index (χ3n) is 4.93. The van der Waals surface area contributed by atoms with Crippen molar-refractivity contribution in [1.82, 2.24) is 24.8 Å². The van der Waals surface area contributed by atoms with E-state index in [9.17, 15) is 9.59 Å². The lowest BCUT2D eigenvalue weighted by atomic mass is 10.1. The summed E-state index contributed by atoms with van der Waals surface area (Å²) < 4.78 is 2.02. The van der Waals surface area contributed by atoms with Crippen molar-refractivity contribution in [2.75, 3.05) is 19.6 Å². The fraction of sp³-hybridized carbons (Fsp3) is 0.600. The maximum absolute atomic E-state index is 12.3. The van der Waals surface area contributed by atoms with Crippen LogP contribution in [0.4, 0.5) is 0 Å². The average molecular weight is 371 g/mol. The first-order valence-electron chi connectivity index (χ1n) is 9.88. The molecular formula is C20H29N5O2. The van der Waals surface area contributed by atoms with E-state index in [1.807, 2.05) is 33.7 Å².